The number of rotatable bonds is 11. The predicted molar refractivity (Wildman–Crippen MR) is 115 cm³/mol. The maximum absolute atomic E-state index is 13.1. The van der Waals surface area contributed by atoms with Gasteiger partial charge in [-0.3, -0.25) is 14.5 Å². The predicted octanol–water partition coefficient (Wildman–Crippen LogP) is 2.04. The Labute approximate surface area is 186 Å². The Morgan fingerprint density at radius 3 is 2.50 bits per heavy atom. The molecule has 1 saturated heterocycles. The van der Waals surface area contributed by atoms with Crippen LogP contribution in [0.15, 0.2) is 18.2 Å². The Hall–Kier alpha value is -2.30. The first-order valence-electron chi connectivity index (χ1n) is 11.2. The Morgan fingerprint density at radius 2 is 1.94 bits per heavy atom. The molecule has 2 amide bonds. The van der Waals surface area contributed by atoms with E-state index >= 15 is 0 Å². The van der Waals surface area contributed by atoms with E-state index in [1.807, 2.05) is 0 Å². The number of ether oxygens (including phenoxy) is 2. The zero-order valence-electron chi connectivity index (χ0n) is 18.0. The van der Waals surface area contributed by atoms with Crippen LogP contribution in [0.2, 0.25) is 0 Å². The van der Waals surface area contributed by atoms with Crippen molar-refractivity contribution in [3.63, 3.8) is 0 Å². The number of nitrogens with zero attached hydrogens (tertiary/aromatic N) is 2. The summed E-state index contributed by atoms with van der Waals surface area (Å²) in [6.45, 7) is -0.700. The fraction of sp³-hybridized carbons (Fsp3) is 0.636. The lowest BCUT2D eigenvalue weighted by Gasteiger charge is -2.30. The van der Waals surface area contributed by atoms with E-state index < -0.39 is 12.7 Å². The van der Waals surface area contributed by atoms with Crippen molar-refractivity contribution in [2.45, 2.75) is 38.3 Å². The molecule has 2 saturated carbocycles. The lowest BCUT2D eigenvalue weighted by molar-refractivity contribution is -0.125. The van der Waals surface area contributed by atoms with Gasteiger partial charge in [-0.25, -0.2) is 0 Å². The number of nitrogens with two attached hydrogens (primary N) is 1. The second-order valence-corrected chi connectivity index (χ2v) is 8.74. The maximum atomic E-state index is 13.1. The summed E-state index contributed by atoms with van der Waals surface area (Å²) < 4.78 is 35.9. The van der Waals surface area contributed by atoms with Gasteiger partial charge >= 0.3 is 6.61 Å². The van der Waals surface area contributed by atoms with Crippen molar-refractivity contribution in [2.24, 2.45) is 17.6 Å². The topological polar surface area (TPSA) is 97.1 Å². The molecule has 10 heteroatoms. The number of carbonyl (C=O) groups excluding carboxylic acids is 2. The first-order valence-corrected chi connectivity index (χ1v) is 11.2. The molecule has 3 N–H and O–H groups in total. The van der Waals surface area contributed by atoms with Crippen LogP contribution in [-0.2, 0) is 14.3 Å². The highest BCUT2D eigenvalue weighted by Crippen LogP contribution is 2.35. The highest BCUT2D eigenvalue weighted by atomic mass is 19.3. The monoisotopic (exact) mass is 452 g/mol. The lowest BCUT2D eigenvalue weighted by atomic mass is 10.1. The van der Waals surface area contributed by atoms with Crippen molar-refractivity contribution in [1.29, 1.82) is 0 Å². The molecule has 0 aromatic heterocycles. The van der Waals surface area contributed by atoms with Gasteiger partial charge < -0.3 is 25.4 Å². The number of morpholine rings is 1. The van der Waals surface area contributed by atoms with Crippen molar-refractivity contribution in [1.82, 2.24) is 4.90 Å². The van der Waals surface area contributed by atoms with Gasteiger partial charge in [-0.1, -0.05) is 0 Å². The van der Waals surface area contributed by atoms with Gasteiger partial charge in [-0.2, -0.15) is 8.78 Å². The lowest BCUT2D eigenvalue weighted by Crippen LogP contribution is -2.50. The van der Waals surface area contributed by atoms with Gasteiger partial charge in [0.05, 0.1) is 12.3 Å². The molecule has 1 aromatic rings. The second-order valence-electron chi connectivity index (χ2n) is 8.74. The second kappa shape index (κ2) is 10.1. The average Bonchev–Trinajstić information content (AvgIpc) is 3.67. The molecule has 3 fully saturated rings. The Kier molecular flexibility index (Phi) is 7.22. The molecule has 1 aromatic carbocycles. The summed E-state index contributed by atoms with van der Waals surface area (Å²) in [5, 5.41) is 2.73. The summed E-state index contributed by atoms with van der Waals surface area (Å²) in [6.07, 6.45) is 4.64. The Bertz CT molecular complexity index is 818. The maximum Gasteiger partial charge on any atom is 0.387 e. The summed E-state index contributed by atoms with van der Waals surface area (Å²) in [4.78, 5) is 28.8. The number of alkyl halides is 2. The van der Waals surface area contributed by atoms with Crippen LogP contribution in [0.25, 0.3) is 0 Å². The number of benzene rings is 1. The van der Waals surface area contributed by atoms with Crippen molar-refractivity contribution >= 4 is 23.2 Å². The SMILES string of the molecule is NC[C@H](C(=O)Nc1ccc(N2CCOCC2=O)cc1OC(F)F)N(CC1CC1)CC1CC1. The van der Waals surface area contributed by atoms with Crippen molar-refractivity contribution in [3.05, 3.63) is 18.2 Å². The van der Waals surface area contributed by atoms with Crippen molar-refractivity contribution < 1.29 is 27.8 Å². The van der Waals surface area contributed by atoms with Gasteiger partial charge in [0.15, 0.2) is 5.75 Å². The summed E-state index contributed by atoms with van der Waals surface area (Å²) in [6, 6.07) is 3.87. The Morgan fingerprint density at radius 1 is 1.25 bits per heavy atom. The van der Waals surface area contributed by atoms with E-state index in [1.165, 1.54) is 17.0 Å². The van der Waals surface area contributed by atoms with Crippen molar-refractivity contribution in [2.75, 3.05) is 49.6 Å². The molecule has 176 valence electrons. The number of hydrogen-bond acceptors (Lipinski definition) is 6. The quantitative estimate of drug-likeness (QED) is 0.533. The summed E-state index contributed by atoms with van der Waals surface area (Å²) >= 11 is 0. The highest BCUT2D eigenvalue weighted by Gasteiger charge is 2.35. The number of anilines is 2. The average molecular weight is 453 g/mol. The molecule has 0 bridgehead atoms. The number of amides is 2. The number of nitrogens with one attached hydrogen (secondary N) is 1. The highest BCUT2D eigenvalue weighted by molar-refractivity contribution is 5.98. The fourth-order valence-corrected chi connectivity index (χ4v) is 4.00. The van der Waals surface area contributed by atoms with Crippen LogP contribution in [0.5, 0.6) is 5.75 Å². The minimum atomic E-state index is -3.08. The van der Waals surface area contributed by atoms with Gasteiger partial charge in [0.25, 0.3) is 5.91 Å². The molecule has 1 atom stereocenters. The van der Waals surface area contributed by atoms with E-state index in [9.17, 15) is 18.4 Å². The number of hydrogen-bond donors (Lipinski definition) is 2. The number of halogens is 2. The molecule has 1 aliphatic heterocycles. The minimum absolute atomic E-state index is 0.0699. The van der Waals surface area contributed by atoms with E-state index in [2.05, 4.69) is 15.0 Å². The van der Waals surface area contributed by atoms with E-state index in [0.29, 0.717) is 30.7 Å². The Balaban J connectivity index is 1.51. The molecule has 32 heavy (non-hydrogen) atoms. The van der Waals surface area contributed by atoms with Gasteiger partial charge in [-0.15, -0.1) is 0 Å². The first kappa shape index (κ1) is 22.9. The van der Waals surface area contributed by atoms with Crippen LogP contribution >= 0.6 is 0 Å². The third kappa shape index (κ3) is 5.93. The van der Waals surface area contributed by atoms with Crippen LogP contribution in [-0.4, -0.2) is 68.8 Å². The largest absolute Gasteiger partial charge is 0.433 e. The smallest absolute Gasteiger partial charge is 0.387 e. The fourth-order valence-electron chi connectivity index (χ4n) is 4.00. The normalized spacial score (nSPS) is 20.0. The summed E-state index contributed by atoms with van der Waals surface area (Å²) in [5.74, 6) is 0.382. The standard InChI is InChI=1S/C22H30F2N4O4/c23-22(24)32-19-9-16(28-7-8-31-13-20(28)29)5-6-17(19)26-21(30)18(10-25)27(11-14-1-2-14)12-15-3-4-15/h5-6,9,14-15,18,22H,1-4,7-8,10-13,25H2,(H,26,30)/t18-/m1/s1. The molecule has 3 aliphatic rings. The first-order chi connectivity index (χ1) is 15.4. The van der Waals surface area contributed by atoms with Crippen LogP contribution in [0.1, 0.15) is 25.7 Å². The van der Waals surface area contributed by atoms with E-state index in [1.54, 1.807) is 6.07 Å². The molecule has 1 heterocycles. The zero-order chi connectivity index (χ0) is 22.7. The summed E-state index contributed by atoms with van der Waals surface area (Å²) in [5.41, 5.74) is 6.50. The van der Waals surface area contributed by atoms with Crippen LogP contribution < -0.4 is 20.7 Å². The number of carbonyl (C=O) groups is 2. The molecule has 0 spiro atoms. The molecular weight excluding hydrogens is 422 g/mol. The molecule has 0 unspecified atom stereocenters. The van der Waals surface area contributed by atoms with Crippen LogP contribution in [0.4, 0.5) is 20.2 Å². The zero-order valence-corrected chi connectivity index (χ0v) is 18.0. The van der Waals surface area contributed by atoms with Gasteiger partial charge in [0.2, 0.25) is 5.91 Å². The molecule has 8 nitrogen and oxygen atoms in total. The van der Waals surface area contributed by atoms with E-state index in [-0.39, 0.29) is 36.4 Å². The molecule has 2 aliphatic carbocycles. The van der Waals surface area contributed by atoms with Gasteiger partial charge in [-0.05, 0) is 49.7 Å². The van der Waals surface area contributed by atoms with Gasteiger partial charge in [0.1, 0.15) is 12.6 Å². The third-order valence-corrected chi connectivity index (χ3v) is 6.08. The molecule has 0 radical (unpaired) electrons. The third-order valence-electron chi connectivity index (χ3n) is 6.08. The van der Waals surface area contributed by atoms with E-state index in [4.69, 9.17) is 10.5 Å². The molecule has 4 rings (SSSR count). The van der Waals surface area contributed by atoms with Crippen molar-refractivity contribution in [3.8, 4) is 5.75 Å². The van der Waals surface area contributed by atoms with E-state index in [0.717, 1.165) is 38.8 Å². The molecular formula is C22H30F2N4O4. The van der Waals surface area contributed by atoms with Crippen LogP contribution in [0.3, 0.4) is 0 Å². The summed E-state index contributed by atoms with van der Waals surface area (Å²) in [7, 11) is 0. The van der Waals surface area contributed by atoms with Gasteiger partial charge in [0, 0.05) is 37.9 Å². The van der Waals surface area contributed by atoms with Crippen LogP contribution in [0, 0.1) is 11.8 Å². The minimum Gasteiger partial charge on any atom is -0.433 e.